The number of ether oxygens (including phenoxy) is 3. The van der Waals surface area contributed by atoms with Gasteiger partial charge >= 0.3 is 17.9 Å². The van der Waals surface area contributed by atoms with Crippen molar-refractivity contribution in [3.63, 3.8) is 0 Å². The fourth-order valence-corrected chi connectivity index (χ4v) is 3.55. The van der Waals surface area contributed by atoms with Gasteiger partial charge in [0.25, 0.3) is 0 Å². The quantitative estimate of drug-likeness (QED) is 0.0567. The van der Waals surface area contributed by atoms with E-state index in [0.717, 1.165) is 5.56 Å². The molecule has 2 heterocycles. The topological polar surface area (TPSA) is 117 Å². The molecule has 42 heavy (non-hydrogen) atoms. The summed E-state index contributed by atoms with van der Waals surface area (Å²) in [5.74, 6) is -1.12. The predicted octanol–water partition coefficient (Wildman–Crippen LogP) is 6.15. The van der Waals surface area contributed by atoms with Crippen molar-refractivity contribution in [1.29, 1.82) is 0 Å². The third-order valence-electron chi connectivity index (χ3n) is 5.49. The molecule has 0 saturated heterocycles. The number of rotatable bonds is 10. The monoisotopic (exact) mass is 559 g/mol. The van der Waals surface area contributed by atoms with Gasteiger partial charge in [0.1, 0.15) is 17.2 Å². The van der Waals surface area contributed by atoms with Crippen LogP contribution in [0.15, 0.2) is 120 Å². The number of pyridine rings is 2. The Balaban J connectivity index is 1.55. The Hall–Kier alpha value is -5.96. The average molecular weight is 560 g/mol. The summed E-state index contributed by atoms with van der Waals surface area (Å²) in [6.07, 6.45) is 14.0. The summed E-state index contributed by atoms with van der Waals surface area (Å²) in [5, 5.41) is 0. The van der Waals surface area contributed by atoms with Gasteiger partial charge in [0.2, 0.25) is 0 Å². The van der Waals surface area contributed by atoms with Crippen LogP contribution in [0.25, 0.3) is 12.2 Å². The molecule has 0 radical (unpaired) electrons. The maximum absolute atomic E-state index is 12.7. The lowest BCUT2D eigenvalue weighted by Crippen LogP contribution is -2.11. The molecule has 0 spiro atoms. The zero-order valence-electron chi connectivity index (χ0n) is 22.5. The third kappa shape index (κ3) is 8.27. The molecule has 0 aliphatic heterocycles. The van der Waals surface area contributed by atoms with Gasteiger partial charge in [-0.1, -0.05) is 36.4 Å². The Labute approximate surface area is 242 Å². The molecule has 0 saturated carbocycles. The van der Waals surface area contributed by atoms with Crippen LogP contribution in [0.4, 0.5) is 0 Å². The van der Waals surface area contributed by atoms with Gasteiger partial charge in [0.05, 0.1) is 16.7 Å². The van der Waals surface area contributed by atoms with E-state index in [1.165, 1.54) is 24.7 Å². The van der Waals surface area contributed by atoms with Crippen LogP contribution in [0.2, 0.25) is 0 Å². The van der Waals surface area contributed by atoms with E-state index in [-0.39, 0.29) is 22.6 Å². The first-order valence-electron chi connectivity index (χ1n) is 12.6. The molecule has 2 aromatic heterocycles. The van der Waals surface area contributed by atoms with E-state index in [1.54, 1.807) is 104 Å². The summed E-state index contributed by atoms with van der Waals surface area (Å²) in [7, 11) is 0. The number of aliphatic imine (C=N–C) groups is 1. The molecule has 0 aliphatic carbocycles. The molecule has 0 aliphatic rings. The fourth-order valence-electron chi connectivity index (χ4n) is 3.55. The van der Waals surface area contributed by atoms with Gasteiger partial charge in [-0.05, 0) is 73.3 Å². The second kappa shape index (κ2) is 14.4. The van der Waals surface area contributed by atoms with Crippen LogP contribution in [-0.4, -0.2) is 34.6 Å². The van der Waals surface area contributed by atoms with Crippen LogP contribution in [0.5, 0.6) is 17.2 Å². The largest absolute Gasteiger partial charge is 0.423 e. The maximum atomic E-state index is 12.7. The number of esters is 3. The highest BCUT2D eigenvalue weighted by atomic mass is 16.5. The second-order valence-electron chi connectivity index (χ2n) is 8.56. The highest BCUT2D eigenvalue weighted by Gasteiger charge is 2.14. The van der Waals surface area contributed by atoms with Crippen molar-refractivity contribution >= 4 is 36.8 Å². The van der Waals surface area contributed by atoms with Crippen molar-refractivity contribution in [3.8, 4) is 17.2 Å². The lowest BCUT2D eigenvalue weighted by atomic mass is 10.1. The number of hydrogen-bond acceptors (Lipinski definition) is 9. The van der Waals surface area contributed by atoms with Gasteiger partial charge in [0, 0.05) is 37.1 Å². The molecule has 0 bridgehead atoms. The first kappa shape index (κ1) is 29.0. The highest BCUT2D eigenvalue weighted by molar-refractivity contribution is 5.94. The minimum absolute atomic E-state index is 0.147. The summed E-state index contributed by atoms with van der Waals surface area (Å²) in [5.41, 5.74) is 2.17. The summed E-state index contributed by atoms with van der Waals surface area (Å²) < 4.78 is 16.5. The van der Waals surface area contributed by atoms with Crippen molar-refractivity contribution in [2.24, 2.45) is 4.99 Å². The van der Waals surface area contributed by atoms with Crippen molar-refractivity contribution in [3.05, 3.63) is 138 Å². The number of allylic oxidation sites excluding steroid dienone is 1. The lowest BCUT2D eigenvalue weighted by Gasteiger charge is -2.10. The number of carbonyl (C=O) groups excluding carboxylic acids is 3. The molecule has 0 amide bonds. The molecule has 2 aromatic carbocycles. The van der Waals surface area contributed by atoms with Crippen molar-refractivity contribution < 1.29 is 28.6 Å². The van der Waals surface area contributed by atoms with Crippen LogP contribution >= 0.6 is 0 Å². The van der Waals surface area contributed by atoms with E-state index in [2.05, 4.69) is 21.7 Å². The van der Waals surface area contributed by atoms with Crippen molar-refractivity contribution in [2.45, 2.75) is 6.92 Å². The molecular weight excluding hydrogens is 534 g/mol. The highest BCUT2D eigenvalue weighted by Crippen LogP contribution is 2.26. The van der Waals surface area contributed by atoms with Gasteiger partial charge in [-0.15, -0.1) is 0 Å². The molecule has 0 N–H and O–H groups in total. The minimum Gasteiger partial charge on any atom is -0.423 e. The van der Waals surface area contributed by atoms with E-state index in [9.17, 15) is 14.4 Å². The Morgan fingerprint density at radius 3 is 1.86 bits per heavy atom. The lowest BCUT2D eigenvalue weighted by molar-refractivity contribution is -0.129. The fraction of sp³-hybridized carbons (Fsp3) is 0.0303. The molecule has 4 aromatic rings. The summed E-state index contributed by atoms with van der Waals surface area (Å²) in [6.45, 7) is 5.13. The van der Waals surface area contributed by atoms with Gasteiger partial charge in [-0.3, -0.25) is 15.0 Å². The van der Waals surface area contributed by atoms with Crippen LogP contribution in [-0.2, 0) is 4.79 Å². The van der Waals surface area contributed by atoms with Crippen molar-refractivity contribution in [1.82, 2.24) is 9.97 Å². The third-order valence-corrected chi connectivity index (χ3v) is 5.49. The van der Waals surface area contributed by atoms with E-state index in [1.807, 2.05) is 0 Å². The molecule has 4 rings (SSSR count). The van der Waals surface area contributed by atoms with Gasteiger partial charge in [-0.2, -0.15) is 0 Å². The van der Waals surface area contributed by atoms with Crippen LogP contribution < -0.4 is 14.2 Å². The van der Waals surface area contributed by atoms with E-state index >= 15 is 0 Å². The molecule has 0 unspecified atom stereocenters. The van der Waals surface area contributed by atoms with Crippen LogP contribution in [0.3, 0.4) is 0 Å². The minimum atomic E-state index is -0.664. The van der Waals surface area contributed by atoms with E-state index < -0.39 is 17.9 Å². The Kier molecular flexibility index (Phi) is 9.98. The van der Waals surface area contributed by atoms with Gasteiger partial charge < -0.3 is 14.2 Å². The standard InChI is InChI=1S/C33H25N3O6/c1-3-6-25(20-34-2)31(37)41-29-17-24(18-30(19-29)42-33(39)27-8-5-16-36-22-27)10-9-23-11-13-28(14-12-23)40-32(38)26-7-4-15-35-21-26/h3-22H,2H2,1H3/b6-3-,10-9+,25-20+. The smallest absolute Gasteiger partial charge is 0.345 e. The first-order valence-corrected chi connectivity index (χ1v) is 12.6. The molecule has 9 nitrogen and oxygen atoms in total. The molecule has 0 atom stereocenters. The van der Waals surface area contributed by atoms with Crippen LogP contribution in [0, 0.1) is 0 Å². The number of hydrogen-bond donors (Lipinski definition) is 0. The summed E-state index contributed by atoms with van der Waals surface area (Å²) >= 11 is 0. The Morgan fingerprint density at radius 2 is 1.31 bits per heavy atom. The van der Waals surface area contributed by atoms with Gasteiger partial charge in [-0.25, -0.2) is 14.4 Å². The predicted molar refractivity (Wildman–Crippen MR) is 158 cm³/mol. The second-order valence-corrected chi connectivity index (χ2v) is 8.56. The maximum Gasteiger partial charge on any atom is 0.345 e. The zero-order chi connectivity index (χ0) is 29.7. The molecule has 0 fully saturated rings. The van der Waals surface area contributed by atoms with Crippen LogP contribution in [0.1, 0.15) is 38.8 Å². The number of carbonyl (C=O) groups is 3. The Morgan fingerprint density at radius 1 is 0.738 bits per heavy atom. The SMILES string of the molecule is C=N/C=C(\C=C/C)C(=O)Oc1cc(/C=C/c2ccc(OC(=O)c3cccnc3)cc2)cc(OC(=O)c2cccnc2)c1. The first-order chi connectivity index (χ1) is 20.4. The zero-order valence-corrected chi connectivity index (χ0v) is 22.5. The summed E-state index contributed by atoms with van der Waals surface area (Å²) in [4.78, 5) is 49.2. The van der Waals surface area contributed by atoms with Gasteiger partial charge in [0.15, 0.2) is 0 Å². The molecule has 208 valence electrons. The number of aromatic nitrogens is 2. The van der Waals surface area contributed by atoms with Crippen molar-refractivity contribution in [2.75, 3.05) is 0 Å². The van der Waals surface area contributed by atoms with E-state index in [4.69, 9.17) is 14.2 Å². The molecule has 9 heteroatoms. The molecular formula is C33H25N3O6. The normalized spacial score (nSPS) is 11.3. The average Bonchev–Trinajstić information content (AvgIpc) is 3.01. The number of nitrogens with zero attached hydrogens (tertiary/aromatic N) is 3. The van der Waals surface area contributed by atoms with E-state index in [0.29, 0.717) is 16.9 Å². The summed E-state index contributed by atoms with van der Waals surface area (Å²) in [6, 6.07) is 18.0. The Bertz CT molecular complexity index is 1660. The number of benzene rings is 2.